The summed E-state index contributed by atoms with van der Waals surface area (Å²) in [7, 11) is -1.22. The average Bonchev–Trinajstić information content (AvgIpc) is 2.85. The molecule has 3 N–H and O–H groups in total. The van der Waals surface area contributed by atoms with Crippen LogP contribution >= 0.6 is 0 Å². The van der Waals surface area contributed by atoms with Gasteiger partial charge in [0, 0.05) is 5.69 Å². The first-order valence-corrected chi connectivity index (χ1v) is 7.22. The molecule has 0 saturated carbocycles. The molecule has 0 unspecified atom stereocenters. The Kier molecular flexibility index (Phi) is 3.05. The third kappa shape index (κ3) is 2.37. The van der Waals surface area contributed by atoms with Crippen LogP contribution < -0.4 is 5.73 Å². The topological polar surface area (TPSA) is 71.8 Å². The number of imidazole rings is 1. The number of aromatic amines is 1. The molecule has 96 valence electrons. The summed E-state index contributed by atoms with van der Waals surface area (Å²) in [4.78, 5) is 7.42. The Morgan fingerprint density at radius 2 is 1.84 bits per heavy atom. The average molecular weight is 271 g/mol. The third-order valence-electron chi connectivity index (χ3n) is 2.92. The summed E-state index contributed by atoms with van der Waals surface area (Å²) >= 11 is 0. The number of anilines is 1. The van der Waals surface area contributed by atoms with E-state index in [1.54, 1.807) is 0 Å². The molecule has 1 aromatic heterocycles. The van der Waals surface area contributed by atoms with E-state index in [2.05, 4.69) is 9.97 Å². The Bertz CT molecular complexity index is 718. The maximum absolute atomic E-state index is 12.3. The molecule has 19 heavy (non-hydrogen) atoms. The van der Waals surface area contributed by atoms with Gasteiger partial charge in [0.1, 0.15) is 0 Å². The number of nitrogens with two attached hydrogens (primary N) is 1. The largest absolute Gasteiger partial charge is 0.398 e. The molecule has 0 saturated heterocycles. The van der Waals surface area contributed by atoms with Gasteiger partial charge in [0.15, 0.2) is 5.16 Å². The molecule has 5 heteroatoms. The van der Waals surface area contributed by atoms with Gasteiger partial charge in [0.2, 0.25) is 0 Å². The van der Waals surface area contributed by atoms with Gasteiger partial charge in [-0.3, -0.25) is 4.21 Å². The lowest BCUT2D eigenvalue weighted by molar-refractivity contribution is 0.677. The fourth-order valence-corrected chi connectivity index (χ4v) is 3.02. The van der Waals surface area contributed by atoms with Crippen LogP contribution in [0.4, 0.5) is 5.69 Å². The van der Waals surface area contributed by atoms with Crippen LogP contribution in [0.5, 0.6) is 0 Å². The number of H-pyrrole nitrogens is 1. The molecule has 0 spiro atoms. The highest BCUT2D eigenvalue weighted by molar-refractivity contribution is 7.84. The van der Waals surface area contributed by atoms with E-state index in [4.69, 9.17) is 5.73 Å². The summed E-state index contributed by atoms with van der Waals surface area (Å²) in [6, 6.07) is 15.1. The molecule has 0 aliphatic rings. The van der Waals surface area contributed by atoms with Gasteiger partial charge in [-0.15, -0.1) is 0 Å². The summed E-state index contributed by atoms with van der Waals surface area (Å²) in [5.41, 5.74) is 9.11. The Labute approximate surface area is 113 Å². The maximum Gasteiger partial charge on any atom is 0.197 e. The van der Waals surface area contributed by atoms with Gasteiger partial charge in [-0.05, 0) is 23.8 Å². The molecule has 0 aliphatic heterocycles. The highest BCUT2D eigenvalue weighted by Crippen LogP contribution is 2.18. The standard InChI is InChI=1S/C14H13N3OS/c15-11-6-2-1-5-10(11)9-19(18)14-16-12-7-3-4-8-13(12)17-14/h1-8H,9,15H2,(H,16,17)/t19-/m1/s1. The number of aromatic nitrogens is 2. The monoisotopic (exact) mass is 271 g/mol. The van der Waals surface area contributed by atoms with Crippen molar-refractivity contribution in [2.24, 2.45) is 0 Å². The van der Waals surface area contributed by atoms with Crippen LogP contribution in [0.2, 0.25) is 0 Å². The highest BCUT2D eigenvalue weighted by atomic mass is 32.2. The van der Waals surface area contributed by atoms with Gasteiger partial charge in [0.25, 0.3) is 0 Å². The highest BCUT2D eigenvalue weighted by Gasteiger charge is 2.11. The van der Waals surface area contributed by atoms with E-state index in [0.717, 1.165) is 16.6 Å². The number of para-hydroxylation sites is 3. The van der Waals surface area contributed by atoms with E-state index in [1.807, 2.05) is 48.5 Å². The fourth-order valence-electron chi connectivity index (χ4n) is 1.91. The molecule has 3 rings (SSSR count). The van der Waals surface area contributed by atoms with E-state index in [0.29, 0.717) is 16.6 Å². The number of nitrogens with one attached hydrogen (secondary N) is 1. The second-order valence-corrected chi connectivity index (χ2v) is 5.61. The first-order valence-electron chi connectivity index (χ1n) is 5.90. The minimum absolute atomic E-state index is 0.368. The van der Waals surface area contributed by atoms with Crippen molar-refractivity contribution in [2.75, 3.05) is 5.73 Å². The summed E-state index contributed by atoms with van der Waals surface area (Å²) in [6.07, 6.45) is 0. The predicted octanol–water partition coefficient (Wildman–Crippen LogP) is 2.45. The Hall–Kier alpha value is -2.14. The van der Waals surface area contributed by atoms with Crippen LogP contribution in [0.25, 0.3) is 11.0 Å². The van der Waals surface area contributed by atoms with Crippen molar-refractivity contribution in [3.63, 3.8) is 0 Å². The van der Waals surface area contributed by atoms with E-state index in [9.17, 15) is 4.21 Å². The number of nitrogen functional groups attached to an aromatic ring is 1. The molecule has 0 amide bonds. The van der Waals surface area contributed by atoms with E-state index in [1.165, 1.54) is 0 Å². The number of hydrogen-bond acceptors (Lipinski definition) is 3. The van der Waals surface area contributed by atoms with Crippen molar-refractivity contribution >= 4 is 27.5 Å². The van der Waals surface area contributed by atoms with E-state index < -0.39 is 10.8 Å². The Morgan fingerprint density at radius 3 is 2.63 bits per heavy atom. The molecular weight excluding hydrogens is 258 g/mol. The van der Waals surface area contributed by atoms with Gasteiger partial charge >= 0.3 is 0 Å². The third-order valence-corrected chi connectivity index (χ3v) is 4.12. The van der Waals surface area contributed by atoms with Gasteiger partial charge in [-0.25, -0.2) is 4.98 Å². The quantitative estimate of drug-likeness (QED) is 0.719. The molecule has 3 aromatic rings. The molecule has 2 aromatic carbocycles. The minimum Gasteiger partial charge on any atom is -0.398 e. The van der Waals surface area contributed by atoms with Crippen LogP contribution in [0, 0.1) is 0 Å². The minimum atomic E-state index is -1.22. The van der Waals surface area contributed by atoms with Crippen molar-refractivity contribution in [1.82, 2.24) is 9.97 Å². The zero-order chi connectivity index (χ0) is 13.2. The molecule has 0 fully saturated rings. The van der Waals surface area contributed by atoms with Crippen molar-refractivity contribution < 1.29 is 4.21 Å². The molecule has 4 nitrogen and oxygen atoms in total. The number of nitrogens with zero attached hydrogens (tertiary/aromatic N) is 1. The number of fused-ring (bicyclic) bond motifs is 1. The van der Waals surface area contributed by atoms with Crippen molar-refractivity contribution in [2.45, 2.75) is 10.9 Å². The second-order valence-electron chi connectivity index (χ2n) is 4.25. The lowest BCUT2D eigenvalue weighted by Crippen LogP contribution is -2.01. The van der Waals surface area contributed by atoms with Crippen LogP contribution in [0.15, 0.2) is 53.7 Å². The Morgan fingerprint density at radius 1 is 1.11 bits per heavy atom. The van der Waals surface area contributed by atoms with E-state index in [-0.39, 0.29) is 0 Å². The molecular formula is C14H13N3OS. The lowest BCUT2D eigenvalue weighted by Gasteiger charge is -2.03. The number of hydrogen-bond donors (Lipinski definition) is 2. The SMILES string of the molecule is Nc1ccccc1C[S@@](=O)c1nc2ccccc2[nH]1. The maximum atomic E-state index is 12.3. The zero-order valence-corrected chi connectivity index (χ0v) is 11.0. The first-order chi connectivity index (χ1) is 9.24. The fraction of sp³-hybridized carbons (Fsp3) is 0.0714. The Balaban J connectivity index is 1.90. The number of benzene rings is 2. The van der Waals surface area contributed by atoms with Crippen molar-refractivity contribution in [1.29, 1.82) is 0 Å². The van der Waals surface area contributed by atoms with Crippen LogP contribution in [0.1, 0.15) is 5.56 Å². The van der Waals surface area contributed by atoms with Crippen molar-refractivity contribution in [3.05, 3.63) is 54.1 Å². The number of rotatable bonds is 3. The summed E-state index contributed by atoms with van der Waals surface area (Å²) < 4.78 is 12.3. The lowest BCUT2D eigenvalue weighted by atomic mass is 10.2. The van der Waals surface area contributed by atoms with Gasteiger partial charge < -0.3 is 10.7 Å². The van der Waals surface area contributed by atoms with Gasteiger partial charge in [0.05, 0.1) is 27.6 Å². The second kappa shape index (κ2) is 4.85. The zero-order valence-electron chi connectivity index (χ0n) is 10.2. The molecule has 0 bridgehead atoms. The summed E-state index contributed by atoms with van der Waals surface area (Å²) in [5.74, 6) is 0.368. The summed E-state index contributed by atoms with van der Waals surface area (Å²) in [6.45, 7) is 0. The molecule has 1 heterocycles. The molecule has 1 atom stereocenters. The normalized spacial score (nSPS) is 12.6. The van der Waals surface area contributed by atoms with E-state index >= 15 is 0 Å². The van der Waals surface area contributed by atoms with Gasteiger partial charge in [-0.2, -0.15) is 0 Å². The molecule has 0 radical (unpaired) electrons. The van der Waals surface area contributed by atoms with Gasteiger partial charge in [-0.1, -0.05) is 30.3 Å². The van der Waals surface area contributed by atoms with Crippen LogP contribution in [-0.4, -0.2) is 14.2 Å². The first kappa shape index (κ1) is 11.9. The van der Waals surface area contributed by atoms with Crippen molar-refractivity contribution in [3.8, 4) is 0 Å². The summed E-state index contributed by atoms with van der Waals surface area (Å²) in [5, 5.41) is 0.490. The smallest absolute Gasteiger partial charge is 0.197 e. The predicted molar refractivity (Wildman–Crippen MR) is 77.1 cm³/mol. The van der Waals surface area contributed by atoms with Crippen LogP contribution in [0.3, 0.4) is 0 Å². The van der Waals surface area contributed by atoms with Crippen LogP contribution in [-0.2, 0) is 16.6 Å². The molecule has 0 aliphatic carbocycles.